The zero-order valence-corrected chi connectivity index (χ0v) is 11.5. The Balaban J connectivity index is 2.58. The van der Waals surface area contributed by atoms with Crippen molar-refractivity contribution < 1.29 is 14.6 Å². The molecule has 100 valence electrons. The van der Waals surface area contributed by atoms with Crippen LogP contribution in [0.15, 0.2) is 24.3 Å². The largest absolute Gasteiger partial charge is 0.467 e. The van der Waals surface area contributed by atoms with Crippen molar-refractivity contribution in [3.8, 4) is 0 Å². The molecule has 0 radical (unpaired) electrons. The summed E-state index contributed by atoms with van der Waals surface area (Å²) in [5, 5.41) is 13.6. The van der Waals surface area contributed by atoms with Gasteiger partial charge in [-0.3, -0.25) is 0 Å². The lowest BCUT2D eigenvalue weighted by Gasteiger charge is -2.23. The SMILES string of the molecule is COC(=O)C(C)(O)CNC(C)c1ccc(Cl)cc1. The molecule has 0 aliphatic heterocycles. The summed E-state index contributed by atoms with van der Waals surface area (Å²) in [6.45, 7) is 3.47. The molecule has 2 atom stereocenters. The topological polar surface area (TPSA) is 58.6 Å². The molecule has 0 bridgehead atoms. The van der Waals surface area contributed by atoms with E-state index in [2.05, 4.69) is 10.1 Å². The van der Waals surface area contributed by atoms with E-state index < -0.39 is 11.6 Å². The minimum Gasteiger partial charge on any atom is -0.467 e. The van der Waals surface area contributed by atoms with E-state index in [0.717, 1.165) is 5.56 Å². The normalized spacial score (nSPS) is 15.8. The van der Waals surface area contributed by atoms with Gasteiger partial charge < -0.3 is 15.2 Å². The quantitative estimate of drug-likeness (QED) is 0.804. The fraction of sp³-hybridized carbons (Fsp3) is 0.462. The third-order valence-corrected chi connectivity index (χ3v) is 3.00. The summed E-state index contributed by atoms with van der Waals surface area (Å²) in [5.74, 6) is -0.654. The molecule has 5 heteroatoms. The van der Waals surface area contributed by atoms with Gasteiger partial charge in [0.1, 0.15) is 0 Å². The molecule has 4 nitrogen and oxygen atoms in total. The van der Waals surface area contributed by atoms with Gasteiger partial charge in [0.2, 0.25) is 0 Å². The zero-order chi connectivity index (χ0) is 13.8. The smallest absolute Gasteiger partial charge is 0.338 e. The Morgan fingerprint density at radius 2 is 2.06 bits per heavy atom. The highest BCUT2D eigenvalue weighted by Crippen LogP contribution is 2.16. The van der Waals surface area contributed by atoms with Crippen LogP contribution in [-0.4, -0.2) is 30.3 Å². The van der Waals surface area contributed by atoms with Gasteiger partial charge in [0.15, 0.2) is 5.60 Å². The van der Waals surface area contributed by atoms with Crippen molar-refractivity contribution in [2.45, 2.75) is 25.5 Å². The number of rotatable bonds is 5. The van der Waals surface area contributed by atoms with E-state index in [1.54, 1.807) is 12.1 Å². The number of esters is 1. The second-order valence-corrected chi connectivity index (χ2v) is 4.86. The standard InChI is InChI=1S/C13H18ClNO3/c1-9(10-4-6-11(14)7-5-10)15-8-13(2,17)12(16)18-3/h4-7,9,15,17H,8H2,1-3H3. The van der Waals surface area contributed by atoms with Crippen LogP contribution in [0.25, 0.3) is 0 Å². The van der Waals surface area contributed by atoms with Crippen LogP contribution < -0.4 is 5.32 Å². The van der Waals surface area contributed by atoms with E-state index in [-0.39, 0.29) is 12.6 Å². The van der Waals surface area contributed by atoms with E-state index in [9.17, 15) is 9.90 Å². The van der Waals surface area contributed by atoms with Crippen LogP contribution in [-0.2, 0) is 9.53 Å². The molecular formula is C13H18ClNO3. The lowest BCUT2D eigenvalue weighted by molar-refractivity contribution is -0.160. The van der Waals surface area contributed by atoms with Crippen LogP contribution >= 0.6 is 11.6 Å². The lowest BCUT2D eigenvalue weighted by Crippen LogP contribution is -2.46. The molecule has 0 spiro atoms. The maximum absolute atomic E-state index is 11.3. The van der Waals surface area contributed by atoms with Crippen LogP contribution in [0.4, 0.5) is 0 Å². The molecule has 0 aromatic heterocycles. The summed E-state index contributed by atoms with van der Waals surface area (Å²) < 4.78 is 4.52. The van der Waals surface area contributed by atoms with Crippen molar-refractivity contribution in [3.63, 3.8) is 0 Å². The van der Waals surface area contributed by atoms with Gasteiger partial charge in [0, 0.05) is 17.6 Å². The zero-order valence-electron chi connectivity index (χ0n) is 10.7. The highest BCUT2D eigenvalue weighted by atomic mass is 35.5. The van der Waals surface area contributed by atoms with Crippen LogP contribution in [0.5, 0.6) is 0 Å². The molecular weight excluding hydrogens is 254 g/mol. The first-order valence-electron chi connectivity index (χ1n) is 5.66. The first kappa shape index (κ1) is 15.0. The number of ether oxygens (including phenoxy) is 1. The molecule has 0 fully saturated rings. The molecule has 2 unspecified atom stereocenters. The third-order valence-electron chi connectivity index (χ3n) is 2.75. The molecule has 0 saturated heterocycles. The predicted octanol–water partition coefficient (Wildman–Crippen LogP) is 1.91. The van der Waals surface area contributed by atoms with E-state index in [1.165, 1.54) is 14.0 Å². The highest BCUT2D eigenvalue weighted by Gasteiger charge is 2.31. The van der Waals surface area contributed by atoms with Crippen molar-refractivity contribution in [2.24, 2.45) is 0 Å². The molecule has 0 aliphatic rings. The van der Waals surface area contributed by atoms with E-state index in [4.69, 9.17) is 11.6 Å². The predicted molar refractivity (Wildman–Crippen MR) is 70.5 cm³/mol. The number of nitrogens with one attached hydrogen (secondary N) is 1. The van der Waals surface area contributed by atoms with Gasteiger partial charge in [-0.05, 0) is 31.5 Å². The minimum atomic E-state index is -1.53. The van der Waals surface area contributed by atoms with Gasteiger partial charge >= 0.3 is 5.97 Å². The number of hydrogen-bond donors (Lipinski definition) is 2. The van der Waals surface area contributed by atoms with E-state index >= 15 is 0 Å². The number of aliphatic hydroxyl groups is 1. The van der Waals surface area contributed by atoms with Crippen LogP contribution in [0.2, 0.25) is 5.02 Å². The van der Waals surface area contributed by atoms with E-state index in [1.807, 2.05) is 19.1 Å². The second-order valence-electron chi connectivity index (χ2n) is 4.42. The fourth-order valence-corrected chi connectivity index (χ4v) is 1.64. The summed E-state index contributed by atoms with van der Waals surface area (Å²) in [7, 11) is 1.25. The second kappa shape index (κ2) is 6.18. The molecule has 0 amide bonds. The summed E-state index contributed by atoms with van der Waals surface area (Å²) >= 11 is 5.80. The van der Waals surface area contributed by atoms with Gasteiger partial charge in [-0.1, -0.05) is 23.7 Å². The summed E-state index contributed by atoms with van der Waals surface area (Å²) in [6.07, 6.45) is 0. The van der Waals surface area contributed by atoms with Gasteiger partial charge in [0.05, 0.1) is 7.11 Å². The van der Waals surface area contributed by atoms with Gasteiger partial charge in [-0.25, -0.2) is 4.79 Å². The molecule has 1 rings (SSSR count). The fourth-order valence-electron chi connectivity index (χ4n) is 1.51. The number of benzene rings is 1. The number of methoxy groups -OCH3 is 1. The van der Waals surface area contributed by atoms with Gasteiger partial charge in [0.25, 0.3) is 0 Å². The summed E-state index contributed by atoms with van der Waals surface area (Å²) in [4.78, 5) is 11.3. The average Bonchev–Trinajstić information content (AvgIpc) is 2.35. The Morgan fingerprint density at radius 1 is 1.50 bits per heavy atom. The number of hydrogen-bond acceptors (Lipinski definition) is 4. The summed E-state index contributed by atoms with van der Waals surface area (Å²) in [6, 6.07) is 7.39. The molecule has 18 heavy (non-hydrogen) atoms. The van der Waals surface area contributed by atoms with Crippen molar-refractivity contribution in [1.82, 2.24) is 5.32 Å². The Bertz CT molecular complexity index is 403. The van der Waals surface area contributed by atoms with Gasteiger partial charge in [-0.15, -0.1) is 0 Å². The maximum atomic E-state index is 11.3. The lowest BCUT2D eigenvalue weighted by atomic mass is 10.0. The number of carbonyl (C=O) groups excluding carboxylic acids is 1. The Labute approximate surface area is 112 Å². The van der Waals surface area contributed by atoms with E-state index in [0.29, 0.717) is 5.02 Å². The van der Waals surface area contributed by atoms with Crippen molar-refractivity contribution in [1.29, 1.82) is 0 Å². The Morgan fingerprint density at radius 3 is 2.56 bits per heavy atom. The monoisotopic (exact) mass is 271 g/mol. The highest BCUT2D eigenvalue weighted by molar-refractivity contribution is 6.30. The first-order chi connectivity index (χ1) is 8.36. The first-order valence-corrected chi connectivity index (χ1v) is 6.04. The Kier molecular flexibility index (Phi) is 5.14. The van der Waals surface area contributed by atoms with Crippen molar-refractivity contribution >= 4 is 17.6 Å². The molecule has 1 aromatic carbocycles. The van der Waals surface area contributed by atoms with Crippen molar-refractivity contribution in [3.05, 3.63) is 34.9 Å². The summed E-state index contributed by atoms with van der Waals surface area (Å²) in [5.41, 5.74) is -0.504. The van der Waals surface area contributed by atoms with Crippen LogP contribution in [0.3, 0.4) is 0 Å². The van der Waals surface area contributed by atoms with Crippen LogP contribution in [0.1, 0.15) is 25.5 Å². The van der Waals surface area contributed by atoms with Crippen molar-refractivity contribution in [2.75, 3.05) is 13.7 Å². The van der Waals surface area contributed by atoms with Gasteiger partial charge in [-0.2, -0.15) is 0 Å². The average molecular weight is 272 g/mol. The molecule has 0 saturated carbocycles. The molecule has 1 aromatic rings. The number of carbonyl (C=O) groups is 1. The van der Waals surface area contributed by atoms with Crippen LogP contribution in [0, 0.1) is 0 Å². The maximum Gasteiger partial charge on any atom is 0.338 e. The molecule has 0 heterocycles. The third kappa shape index (κ3) is 3.98. The number of halogens is 1. The molecule has 0 aliphatic carbocycles. The molecule has 2 N–H and O–H groups in total. The Hall–Kier alpha value is -1.10. The minimum absolute atomic E-state index is 0.00148.